The number of carbonyl (C=O) groups excluding carboxylic acids is 1. The quantitative estimate of drug-likeness (QED) is 0.389. The van der Waals surface area contributed by atoms with Crippen LogP contribution in [0, 0.1) is 6.92 Å². The Kier molecular flexibility index (Phi) is 6.14. The summed E-state index contributed by atoms with van der Waals surface area (Å²) < 4.78 is 6.08. The standard InChI is InChI=1S/C28H27N5O2/c1-4-33-26-23(28(34)32(3)24-8-6-13-30-27(24)33)16-20(17-31-26)11-14-35-25-10-9-21(15-19(25)2)22-7-5-12-29-18-22/h5-10,12-13,15-18H,4,11,14H2,1-3H3. The van der Waals surface area contributed by atoms with Crippen molar-refractivity contribution in [3.05, 3.63) is 90.0 Å². The number of benzene rings is 1. The molecule has 0 N–H and O–H groups in total. The molecule has 4 aromatic rings. The zero-order valence-corrected chi connectivity index (χ0v) is 20.1. The molecule has 0 saturated heterocycles. The maximum Gasteiger partial charge on any atom is 0.261 e. The van der Waals surface area contributed by atoms with E-state index < -0.39 is 0 Å². The van der Waals surface area contributed by atoms with E-state index in [0.29, 0.717) is 31.0 Å². The molecule has 1 aliphatic rings. The van der Waals surface area contributed by atoms with Crippen LogP contribution >= 0.6 is 0 Å². The highest BCUT2D eigenvalue weighted by molar-refractivity contribution is 6.12. The van der Waals surface area contributed by atoms with E-state index in [0.717, 1.165) is 39.5 Å². The van der Waals surface area contributed by atoms with Crippen LogP contribution in [-0.4, -0.2) is 41.1 Å². The minimum Gasteiger partial charge on any atom is -0.493 e. The maximum atomic E-state index is 13.3. The monoisotopic (exact) mass is 465 g/mol. The Morgan fingerprint density at radius 3 is 2.57 bits per heavy atom. The van der Waals surface area contributed by atoms with Gasteiger partial charge in [0.2, 0.25) is 0 Å². The number of amides is 1. The van der Waals surface area contributed by atoms with Gasteiger partial charge in [-0.1, -0.05) is 12.1 Å². The van der Waals surface area contributed by atoms with Gasteiger partial charge in [0.15, 0.2) is 5.82 Å². The predicted molar refractivity (Wildman–Crippen MR) is 137 cm³/mol. The second-order valence-electron chi connectivity index (χ2n) is 8.49. The SMILES string of the molecule is CCN1c2ncc(CCOc3ccc(-c4cccnc4)cc3C)cc2C(=O)N(C)c2cccnc21. The lowest BCUT2D eigenvalue weighted by atomic mass is 10.0. The van der Waals surface area contributed by atoms with E-state index in [1.807, 2.05) is 73.6 Å². The molecule has 1 aromatic carbocycles. The van der Waals surface area contributed by atoms with Crippen molar-refractivity contribution >= 4 is 23.2 Å². The number of ether oxygens (including phenoxy) is 1. The number of aromatic nitrogens is 3. The molecule has 0 atom stereocenters. The van der Waals surface area contributed by atoms with Crippen molar-refractivity contribution in [1.29, 1.82) is 0 Å². The third kappa shape index (κ3) is 4.33. The van der Waals surface area contributed by atoms with Gasteiger partial charge in [-0.2, -0.15) is 0 Å². The molecule has 176 valence electrons. The van der Waals surface area contributed by atoms with Crippen LogP contribution < -0.4 is 14.5 Å². The van der Waals surface area contributed by atoms with E-state index in [9.17, 15) is 4.79 Å². The van der Waals surface area contributed by atoms with E-state index in [1.165, 1.54) is 0 Å². The Morgan fingerprint density at radius 2 is 1.80 bits per heavy atom. The number of hydrogen-bond donors (Lipinski definition) is 0. The molecule has 35 heavy (non-hydrogen) atoms. The van der Waals surface area contributed by atoms with Crippen molar-refractivity contribution in [3.63, 3.8) is 0 Å². The van der Waals surface area contributed by atoms with Crippen molar-refractivity contribution in [2.75, 3.05) is 30.0 Å². The molecule has 0 bridgehead atoms. The summed E-state index contributed by atoms with van der Waals surface area (Å²) in [6.45, 7) is 5.21. The summed E-state index contributed by atoms with van der Waals surface area (Å²) in [6.07, 6.45) is 7.82. The van der Waals surface area contributed by atoms with Gasteiger partial charge < -0.3 is 14.5 Å². The molecule has 5 rings (SSSR count). The molecule has 0 aliphatic carbocycles. The average molecular weight is 466 g/mol. The van der Waals surface area contributed by atoms with Crippen molar-refractivity contribution in [1.82, 2.24) is 15.0 Å². The first-order chi connectivity index (χ1) is 17.1. The fourth-order valence-corrected chi connectivity index (χ4v) is 4.36. The van der Waals surface area contributed by atoms with Crippen molar-refractivity contribution in [3.8, 4) is 16.9 Å². The first-order valence-electron chi connectivity index (χ1n) is 11.7. The largest absolute Gasteiger partial charge is 0.493 e. The Labute approximate surface area is 205 Å². The molecular formula is C28H27N5O2. The molecule has 0 fully saturated rings. The highest BCUT2D eigenvalue weighted by Crippen LogP contribution is 2.37. The van der Waals surface area contributed by atoms with E-state index in [4.69, 9.17) is 4.74 Å². The van der Waals surface area contributed by atoms with Gasteiger partial charge in [0, 0.05) is 50.4 Å². The maximum absolute atomic E-state index is 13.3. The number of aryl methyl sites for hydroxylation is 1. The number of pyridine rings is 3. The van der Waals surface area contributed by atoms with Gasteiger partial charge in [0.1, 0.15) is 11.6 Å². The molecule has 0 unspecified atom stereocenters. The molecule has 4 heterocycles. The van der Waals surface area contributed by atoms with E-state index in [-0.39, 0.29) is 5.91 Å². The zero-order chi connectivity index (χ0) is 24.4. The van der Waals surface area contributed by atoms with Crippen LogP contribution in [0.2, 0.25) is 0 Å². The van der Waals surface area contributed by atoms with Crippen LogP contribution in [0.5, 0.6) is 5.75 Å². The molecule has 0 spiro atoms. The molecule has 7 nitrogen and oxygen atoms in total. The Morgan fingerprint density at radius 1 is 0.943 bits per heavy atom. The molecule has 3 aromatic heterocycles. The third-order valence-corrected chi connectivity index (χ3v) is 6.23. The lowest BCUT2D eigenvalue weighted by Crippen LogP contribution is -2.25. The first kappa shape index (κ1) is 22.5. The smallest absolute Gasteiger partial charge is 0.261 e. The average Bonchev–Trinajstić information content (AvgIpc) is 2.98. The van der Waals surface area contributed by atoms with E-state index in [2.05, 4.69) is 21.0 Å². The number of anilines is 3. The van der Waals surface area contributed by atoms with Gasteiger partial charge in [0.05, 0.1) is 17.9 Å². The molecule has 1 amide bonds. The lowest BCUT2D eigenvalue weighted by Gasteiger charge is -2.22. The first-order valence-corrected chi connectivity index (χ1v) is 11.7. The molecule has 0 saturated carbocycles. The van der Waals surface area contributed by atoms with Gasteiger partial charge >= 0.3 is 0 Å². The second-order valence-corrected chi connectivity index (χ2v) is 8.49. The molecule has 1 aliphatic heterocycles. The number of nitrogens with zero attached hydrogens (tertiary/aromatic N) is 5. The topological polar surface area (TPSA) is 71.5 Å². The third-order valence-electron chi connectivity index (χ3n) is 6.23. The summed E-state index contributed by atoms with van der Waals surface area (Å²) in [5.41, 5.74) is 5.54. The fraction of sp³-hybridized carbons (Fsp3) is 0.214. The number of hydrogen-bond acceptors (Lipinski definition) is 6. The van der Waals surface area contributed by atoms with Crippen molar-refractivity contribution < 1.29 is 9.53 Å². The summed E-state index contributed by atoms with van der Waals surface area (Å²) in [7, 11) is 1.78. The number of fused-ring (bicyclic) bond motifs is 2. The minimum absolute atomic E-state index is 0.0951. The Balaban J connectivity index is 1.33. The van der Waals surface area contributed by atoms with Gasteiger partial charge in [-0.05, 0) is 66.9 Å². The van der Waals surface area contributed by atoms with E-state index in [1.54, 1.807) is 24.3 Å². The zero-order valence-electron chi connectivity index (χ0n) is 20.1. The number of rotatable bonds is 6. The van der Waals surface area contributed by atoms with Gasteiger partial charge in [-0.25, -0.2) is 9.97 Å². The fourth-order valence-electron chi connectivity index (χ4n) is 4.36. The number of carbonyl (C=O) groups is 1. The minimum atomic E-state index is -0.0951. The molecule has 0 radical (unpaired) electrons. The van der Waals surface area contributed by atoms with Crippen LogP contribution in [0.15, 0.2) is 73.3 Å². The predicted octanol–water partition coefficient (Wildman–Crippen LogP) is 5.22. The van der Waals surface area contributed by atoms with Crippen LogP contribution in [-0.2, 0) is 6.42 Å². The van der Waals surface area contributed by atoms with Crippen LogP contribution in [0.4, 0.5) is 17.3 Å². The summed E-state index contributed by atoms with van der Waals surface area (Å²) in [5, 5.41) is 0. The molecule has 7 heteroatoms. The van der Waals surface area contributed by atoms with E-state index >= 15 is 0 Å². The summed E-state index contributed by atoms with van der Waals surface area (Å²) in [4.78, 5) is 30.3. The van der Waals surface area contributed by atoms with Crippen LogP contribution in [0.1, 0.15) is 28.4 Å². The summed E-state index contributed by atoms with van der Waals surface area (Å²) in [6, 6.07) is 15.8. The highest BCUT2D eigenvalue weighted by Gasteiger charge is 2.30. The highest BCUT2D eigenvalue weighted by atomic mass is 16.5. The van der Waals surface area contributed by atoms with Gasteiger partial charge in [-0.3, -0.25) is 9.78 Å². The molecular weight excluding hydrogens is 438 g/mol. The van der Waals surface area contributed by atoms with Crippen LogP contribution in [0.3, 0.4) is 0 Å². The second kappa shape index (κ2) is 9.54. The summed E-state index contributed by atoms with van der Waals surface area (Å²) in [5.74, 6) is 2.11. The normalized spacial score (nSPS) is 12.7. The van der Waals surface area contributed by atoms with Crippen molar-refractivity contribution in [2.24, 2.45) is 0 Å². The van der Waals surface area contributed by atoms with Crippen molar-refractivity contribution in [2.45, 2.75) is 20.3 Å². The van der Waals surface area contributed by atoms with Gasteiger partial charge in [0.25, 0.3) is 5.91 Å². The summed E-state index contributed by atoms with van der Waals surface area (Å²) >= 11 is 0. The Bertz CT molecular complexity index is 1370. The Hall–Kier alpha value is -4.26. The van der Waals surface area contributed by atoms with Gasteiger partial charge in [-0.15, -0.1) is 0 Å². The van der Waals surface area contributed by atoms with Crippen LogP contribution in [0.25, 0.3) is 11.1 Å². The lowest BCUT2D eigenvalue weighted by molar-refractivity contribution is 0.0994.